The lowest BCUT2D eigenvalue weighted by Crippen LogP contribution is -2.27. The van der Waals surface area contributed by atoms with Crippen LogP contribution in [0.5, 0.6) is 11.5 Å². The van der Waals surface area contributed by atoms with E-state index < -0.39 is 24.1 Å². The van der Waals surface area contributed by atoms with Gasteiger partial charge in [0.25, 0.3) is 0 Å². The van der Waals surface area contributed by atoms with E-state index in [2.05, 4.69) is 9.80 Å². The van der Waals surface area contributed by atoms with Crippen LogP contribution in [0.25, 0.3) is 11.5 Å². The summed E-state index contributed by atoms with van der Waals surface area (Å²) in [6.45, 7) is 5.81. The van der Waals surface area contributed by atoms with Crippen LogP contribution in [-0.4, -0.2) is 62.0 Å². The molecule has 272 valence electrons. The van der Waals surface area contributed by atoms with Crippen molar-refractivity contribution in [3.05, 3.63) is 129 Å². The third kappa shape index (κ3) is 8.48. The predicted octanol–water partition coefficient (Wildman–Crippen LogP) is 8.46. The number of hydrogen-bond donors (Lipinski definition) is 0. The minimum absolute atomic E-state index is 0.376. The maximum absolute atomic E-state index is 13.4. The molecule has 0 amide bonds. The van der Waals surface area contributed by atoms with Crippen LogP contribution in [0.15, 0.2) is 94.2 Å². The van der Waals surface area contributed by atoms with Gasteiger partial charge in [-0.25, -0.2) is 9.59 Å². The van der Waals surface area contributed by atoms with Gasteiger partial charge in [0.1, 0.15) is 23.7 Å². The Balaban J connectivity index is 1.22. The number of halogens is 2. The highest BCUT2D eigenvalue weighted by atomic mass is 35.5. The summed E-state index contributed by atoms with van der Waals surface area (Å²) in [4.78, 5) is 30.8. The number of carbonyl (C=O) groups excluding carboxylic acids is 2. The summed E-state index contributed by atoms with van der Waals surface area (Å²) in [5.41, 5.74) is 2.95. The van der Waals surface area contributed by atoms with Crippen LogP contribution in [-0.2, 0) is 31.9 Å². The van der Waals surface area contributed by atoms with Gasteiger partial charge in [-0.2, -0.15) is 0 Å². The Hall–Kier alpha value is -4.74. The van der Waals surface area contributed by atoms with Gasteiger partial charge in [-0.05, 0) is 113 Å². The molecule has 2 aliphatic rings. The molecule has 0 saturated carbocycles. The molecule has 2 atom stereocenters. The second-order valence-electron chi connectivity index (χ2n) is 12.5. The summed E-state index contributed by atoms with van der Waals surface area (Å²) in [5.74, 6) is 1.63. The number of ether oxygens (including phenoxy) is 4. The summed E-state index contributed by atoms with van der Waals surface area (Å²) in [5, 5.41) is 1.08. The van der Waals surface area contributed by atoms with E-state index in [4.69, 9.17) is 51.0 Å². The summed E-state index contributed by atoms with van der Waals surface area (Å²) in [7, 11) is 3.88. The third-order valence-electron chi connectivity index (χ3n) is 8.97. The number of furan rings is 2. The molecule has 0 spiro atoms. The molecular weight excluding hydrogens is 707 g/mol. The molecule has 0 N–H and O–H groups in total. The summed E-state index contributed by atoms with van der Waals surface area (Å²) < 4.78 is 35.8. The third-order valence-corrected chi connectivity index (χ3v) is 9.68. The maximum atomic E-state index is 13.4. The highest BCUT2D eigenvalue weighted by molar-refractivity contribution is 6.31. The first-order chi connectivity index (χ1) is 25.1. The SMILES string of the molecule is CC=C(Oc1ccc(Cl)c2c1C(OC(=O)/C=C\C(=O)OC1CN(C)CCc3c(Cl)ccc(OC(=CC)c4ccco4)c31)CN(C)CC2)c1ccco1. The normalized spacial score (nSPS) is 18.7. The number of fused-ring (bicyclic) bond motifs is 2. The van der Waals surface area contributed by atoms with E-state index in [1.807, 2.05) is 27.9 Å². The van der Waals surface area contributed by atoms with Crippen molar-refractivity contribution in [2.24, 2.45) is 0 Å². The lowest BCUT2D eigenvalue weighted by atomic mass is 9.99. The summed E-state index contributed by atoms with van der Waals surface area (Å²) in [6.07, 6.45) is 8.61. The van der Waals surface area contributed by atoms with Crippen LogP contribution >= 0.6 is 23.2 Å². The summed E-state index contributed by atoms with van der Waals surface area (Å²) in [6, 6.07) is 14.2. The minimum atomic E-state index is -0.752. The lowest BCUT2D eigenvalue weighted by molar-refractivity contribution is -0.147. The molecule has 0 aliphatic carbocycles. The zero-order chi connectivity index (χ0) is 36.8. The van der Waals surface area contributed by atoms with Gasteiger partial charge in [0.05, 0.1) is 12.5 Å². The zero-order valence-corrected chi connectivity index (χ0v) is 30.9. The average Bonchev–Trinajstić information content (AvgIpc) is 3.81. The minimum Gasteiger partial charge on any atom is -0.461 e. The smallest absolute Gasteiger partial charge is 0.331 e. The molecule has 0 saturated heterocycles. The van der Waals surface area contributed by atoms with Gasteiger partial charge in [-0.3, -0.25) is 0 Å². The zero-order valence-electron chi connectivity index (χ0n) is 29.4. The Morgan fingerprint density at radius 3 is 1.48 bits per heavy atom. The Morgan fingerprint density at radius 1 is 0.692 bits per heavy atom. The lowest BCUT2D eigenvalue weighted by Gasteiger charge is -2.24. The van der Waals surface area contributed by atoms with Crippen molar-refractivity contribution >= 4 is 46.7 Å². The Kier molecular flexibility index (Phi) is 11.9. The average molecular weight is 748 g/mol. The number of allylic oxidation sites excluding steroid dienone is 2. The molecule has 0 fully saturated rings. The largest absolute Gasteiger partial charge is 0.461 e. The van der Waals surface area contributed by atoms with Crippen molar-refractivity contribution in [1.29, 1.82) is 0 Å². The molecule has 4 heterocycles. The number of nitrogens with zero attached hydrogens (tertiary/aromatic N) is 2. The second kappa shape index (κ2) is 16.7. The molecule has 10 nitrogen and oxygen atoms in total. The molecule has 2 aromatic carbocycles. The molecule has 52 heavy (non-hydrogen) atoms. The Labute approximate surface area is 312 Å². The molecule has 0 radical (unpaired) electrons. The van der Waals surface area contributed by atoms with Gasteiger partial charge < -0.3 is 37.6 Å². The Bertz CT molecular complexity index is 1840. The van der Waals surface area contributed by atoms with Crippen LogP contribution < -0.4 is 9.47 Å². The number of likely N-dealkylation sites (N-methyl/N-ethyl adjacent to an activating group) is 2. The van der Waals surface area contributed by atoms with Crippen molar-refractivity contribution in [2.45, 2.75) is 38.9 Å². The van der Waals surface area contributed by atoms with Crippen LogP contribution in [0.4, 0.5) is 0 Å². The van der Waals surface area contributed by atoms with Gasteiger partial charge in [0, 0.05) is 59.5 Å². The van der Waals surface area contributed by atoms with Crippen molar-refractivity contribution in [1.82, 2.24) is 9.80 Å². The van der Waals surface area contributed by atoms with Crippen molar-refractivity contribution in [3.63, 3.8) is 0 Å². The van der Waals surface area contributed by atoms with Crippen molar-refractivity contribution in [2.75, 3.05) is 40.3 Å². The van der Waals surface area contributed by atoms with Crippen LogP contribution in [0.2, 0.25) is 10.0 Å². The fourth-order valence-corrected chi connectivity index (χ4v) is 6.95. The first kappa shape index (κ1) is 37.0. The number of benzene rings is 2. The molecule has 2 unspecified atom stereocenters. The molecular formula is C40H40Cl2N2O8. The van der Waals surface area contributed by atoms with Crippen LogP contribution in [0, 0.1) is 0 Å². The predicted molar refractivity (Wildman–Crippen MR) is 198 cm³/mol. The quantitative estimate of drug-likeness (QED) is 0.0892. The van der Waals surface area contributed by atoms with Crippen LogP contribution in [0.3, 0.4) is 0 Å². The van der Waals surface area contributed by atoms with E-state index in [-0.39, 0.29) is 0 Å². The highest BCUT2D eigenvalue weighted by Crippen LogP contribution is 2.41. The van der Waals surface area contributed by atoms with E-state index in [0.717, 1.165) is 23.3 Å². The monoisotopic (exact) mass is 746 g/mol. The van der Waals surface area contributed by atoms with Gasteiger partial charge >= 0.3 is 11.9 Å². The molecule has 2 aromatic heterocycles. The van der Waals surface area contributed by atoms with E-state index in [1.165, 1.54) is 0 Å². The fourth-order valence-electron chi connectivity index (χ4n) is 6.43. The summed E-state index contributed by atoms with van der Waals surface area (Å²) >= 11 is 13.4. The van der Waals surface area contributed by atoms with E-state index in [0.29, 0.717) is 94.7 Å². The molecule has 6 rings (SSSR count). The van der Waals surface area contributed by atoms with Gasteiger partial charge in [-0.1, -0.05) is 23.2 Å². The molecule has 12 heteroatoms. The molecule has 4 aromatic rings. The molecule has 2 aliphatic heterocycles. The number of esters is 2. The number of hydrogen-bond acceptors (Lipinski definition) is 10. The van der Waals surface area contributed by atoms with E-state index in [9.17, 15) is 9.59 Å². The number of rotatable bonds is 10. The standard InChI is InChI=1S/C40H40Cl2N2O8/c1-5-29(31-9-7-21-47-31)49-33-13-11-27(41)25-17-19-43(3)23-35(39(25)33)51-37(45)15-16-38(46)52-36-24-44(4)20-18-26-28(42)12-14-34(40(26)36)50-30(6-2)32-10-8-22-48-32/h5-16,21-22,35-36H,17-20,23-24H2,1-4H3/b16-15-,29-5?,30-6?. The van der Waals surface area contributed by atoms with E-state index in [1.54, 1.807) is 73.2 Å². The highest BCUT2D eigenvalue weighted by Gasteiger charge is 2.32. The van der Waals surface area contributed by atoms with Crippen molar-refractivity contribution < 1.29 is 37.4 Å². The number of carbonyl (C=O) groups is 2. The molecule has 0 bridgehead atoms. The van der Waals surface area contributed by atoms with Gasteiger partial charge in [-0.15, -0.1) is 0 Å². The first-order valence-corrected chi connectivity index (χ1v) is 17.8. The van der Waals surface area contributed by atoms with Gasteiger partial charge in [0.15, 0.2) is 23.0 Å². The topological polar surface area (TPSA) is 104 Å². The van der Waals surface area contributed by atoms with Crippen molar-refractivity contribution in [3.8, 4) is 11.5 Å². The van der Waals surface area contributed by atoms with Crippen LogP contribution in [0.1, 0.15) is 59.8 Å². The maximum Gasteiger partial charge on any atom is 0.331 e. The first-order valence-electron chi connectivity index (χ1n) is 17.0. The Morgan fingerprint density at radius 2 is 1.12 bits per heavy atom. The second-order valence-corrected chi connectivity index (χ2v) is 13.4. The fraction of sp³-hybridized carbons (Fsp3) is 0.300. The van der Waals surface area contributed by atoms with Gasteiger partial charge in [0.2, 0.25) is 0 Å². The van der Waals surface area contributed by atoms with E-state index >= 15 is 0 Å².